The molecule has 2 atom stereocenters. The number of primary amides is 1. The zero-order valence-corrected chi connectivity index (χ0v) is 13.7. The monoisotopic (exact) mass is 347 g/mol. The number of nitrogens with one attached hydrogen (secondary N) is 1. The Balaban J connectivity index is 2.07. The SMILES string of the molecule is C=C1Nc2nc(CCCO)nn2C(c2ccc(Cl)cc2)C1C(N)=O. The summed E-state index contributed by atoms with van der Waals surface area (Å²) in [6, 6.07) is 6.73. The molecule has 0 aliphatic carbocycles. The van der Waals surface area contributed by atoms with E-state index in [1.807, 2.05) is 12.1 Å². The first-order valence-electron chi connectivity index (χ1n) is 7.58. The van der Waals surface area contributed by atoms with Crippen LogP contribution >= 0.6 is 11.6 Å². The minimum atomic E-state index is -0.661. The normalized spacial score (nSPS) is 19.7. The van der Waals surface area contributed by atoms with Crippen molar-refractivity contribution in [2.45, 2.75) is 18.9 Å². The van der Waals surface area contributed by atoms with Crippen molar-refractivity contribution in [3.63, 3.8) is 0 Å². The van der Waals surface area contributed by atoms with E-state index in [0.717, 1.165) is 5.56 Å². The largest absolute Gasteiger partial charge is 0.396 e. The Morgan fingerprint density at radius 2 is 2.12 bits per heavy atom. The number of aliphatic hydroxyl groups excluding tert-OH is 1. The van der Waals surface area contributed by atoms with Crippen molar-refractivity contribution in [3.05, 3.63) is 53.0 Å². The number of carbonyl (C=O) groups is 1. The third kappa shape index (κ3) is 3.00. The van der Waals surface area contributed by atoms with E-state index in [0.29, 0.717) is 35.3 Å². The molecule has 3 rings (SSSR count). The highest BCUT2D eigenvalue weighted by Crippen LogP contribution is 2.37. The second-order valence-electron chi connectivity index (χ2n) is 5.65. The molecule has 2 unspecified atom stereocenters. The number of aliphatic hydroxyl groups is 1. The van der Waals surface area contributed by atoms with E-state index in [4.69, 9.17) is 22.4 Å². The van der Waals surface area contributed by atoms with Crippen molar-refractivity contribution in [2.75, 3.05) is 11.9 Å². The maximum Gasteiger partial charge on any atom is 0.229 e. The quantitative estimate of drug-likeness (QED) is 0.759. The number of hydrogen-bond donors (Lipinski definition) is 3. The molecule has 2 aromatic rings. The first-order valence-corrected chi connectivity index (χ1v) is 7.96. The summed E-state index contributed by atoms with van der Waals surface area (Å²) in [6.45, 7) is 3.99. The van der Waals surface area contributed by atoms with Gasteiger partial charge in [-0.1, -0.05) is 30.3 Å². The highest BCUT2D eigenvalue weighted by atomic mass is 35.5. The molecule has 0 fully saturated rings. The van der Waals surface area contributed by atoms with E-state index in [1.165, 1.54) is 0 Å². The molecule has 7 nitrogen and oxygen atoms in total. The van der Waals surface area contributed by atoms with Gasteiger partial charge in [-0.05, 0) is 24.1 Å². The molecule has 4 N–H and O–H groups in total. The van der Waals surface area contributed by atoms with Crippen LogP contribution in [0.2, 0.25) is 5.02 Å². The summed E-state index contributed by atoms with van der Waals surface area (Å²) in [4.78, 5) is 16.4. The van der Waals surface area contributed by atoms with Gasteiger partial charge in [-0.25, -0.2) is 4.68 Å². The van der Waals surface area contributed by atoms with Crippen molar-refractivity contribution in [1.82, 2.24) is 14.8 Å². The standard InChI is InChI=1S/C16H18ClN5O2/c1-9-13(15(18)24)14(10-4-6-11(17)7-5-10)22-16(19-9)20-12(21-22)3-2-8-23/h4-7,13-14,23H,1-3,8H2,(H2,18,24)(H,19,20,21). The molecule has 0 saturated heterocycles. The number of aryl methyl sites for hydroxylation is 1. The number of benzene rings is 1. The summed E-state index contributed by atoms with van der Waals surface area (Å²) in [5.74, 6) is -0.0644. The van der Waals surface area contributed by atoms with E-state index in [2.05, 4.69) is 22.0 Å². The Morgan fingerprint density at radius 3 is 2.75 bits per heavy atom. The molecule has 0 spiro atoms. The summed E-state index contributed by atoms with van der Waals surface area (Å²) in [5.41, 5.74) is 6.92. The van der Waals surface area contributed by atoms with Crippen molar-refractivity contribution in [1.29, 1.82) is 0 Å². The first-order chi connectivity index (χ1) is 11.5. The molecule has 1 aromatic carbocycles. The van der Waals surface area contributed by atoms with Gasteiger partial charge >= 0.3 is 0 Å². The lowest BCUT2D eigenvalue weighted by molar-refractivity contribution is -0.121. The minimum Gasteiger partial charge on any atom is -0.396 e. The van der Waals surface area contributed by atoms with Crippen LogP contribution in [0.15, 0.2) is 36.5 Å². The van der Waals surface area contributed by atoms with Crippen molar-refractivity contribution in [3.8, 4) is 0 Å². The van der Waals surface area contributed by atoms with Crippen molar-refractivity contribution >= 4 is 23.5 Å². The molecule has 1 amide bonds. The Kier molecular flexibility index (Phi) is 4.55. The van der Waals surface area contributed by atoms with Crippen LogP contribution in [0.5, 0.6) is 0 Å². The van der Waals surface area contributed by atoms with Gasteiger partial charge in [0.05, 0.1) is 6.04 Å². The van der Waals surface area contributed by atoms with Gasteiger partial charge in [0, 0.05) is 23.7 Å². The zero-order chi connectivity index (χ0) is 17.3. The molecule has 1 aliphatic rings. The molecule has 0 radical (unpaired) electrons. The van der Waals surface area contributed by atoms with Gasteiger partial charge in [0.25, 0.3) is 0 Å². The van der Waals surface area contributed by atoms with Gasteiger partial charge in [-0.3, -0.25) is 4.79 Å². The average Bonchev–Trinajstić information content (AvgIpc) is 2.94. The number of anilines is 1. The summed E-state index contributed by atoms with van der Waals surface area (Å²) in [6.07, 6.45) is 1.11. The topological polar surface area (TPSA) is 106 Å². The fourth-order valence-electron chi connectivity index (χ4n) is 2.86. The number of amides is 1. The molecule has 24 heavy (non-hydrogen) atoms. The molecule has 0 saturated carbocycles. The van der Waals surface area contributed by atoms with Crippen LogP contribution < -0.4 is 11.1 Å². The first kappa shape index (κ1) is 16.5. The maximum atomic E-state index is 12.0. The van der Waals surface area contributed by atoms with E-state index in [1.54, 1.807) is 16.8 Å². The second kappa shape index (κ2) is 6.62. The van der Waals surface area contributed by atoms with Crippen LogP contribution in [-0.4, -0.2) is 32.4 Å². The summed E-state index contributed by atoms with van der Waals surface area (Å²) in [5, 5.41) is 17.1. The highest BCUT2D eigenvalue weighted by Gasteiger charge is 2.38. The Bertz CT molecular complexity index is 771. The predicted octanol–water partition coefficient (Wildman–Crippen LogP) is 1.49. The second-order valence-corrected chi connectivity index (χ2v) is 6.09. The molecule has 2 heterocycles. The van der Waals surface area contributed by atoms with Crippen LogP contribution in [0, 0.1) is 5.92 Å². The van der Waals surface area contributed by atoms with Crippen LogP contribution in [-0.2, 0) is 11.2 Å². The number of carbonyl (C=O) groups excluding carboxylic acids is 1. The Hall–Kier alpha value is -2.38. The smallest absolute Gasteiger partial charge is 0.229 e. The van der Waals surface area contributed by atoms with E-state index in [9.17, 15) is 4.79 Å². The van der Waals surface area contributed by atoms with Crippen LogP contribution in [0.3, 0.4) is 0 Å². The molecule has 1 aliphatic heterocycles. The maximum absolute atomic E-state index is 12.0. The summed E-state index contributed by atoms with van der Waals surface area (Å²) >= 11 is 5.96. The van der Waals surface area contributed by atoms with Gasteiger partial charge in [-0.2, -0.15) is 10.1 Å². The van der Waals surface area contributed by atoms with E-state index < -0.39 is 17.9 Å². The summed E-state index contributed by atoms with van der Waals surface area (Å²) in [7, 11) is 0. The van der Waals surface area contributed by atoms with Crippen LogP contribution in [0.25, 0.3) is 0 Å². The van der Waals surface area contributed by atoms with Crippen molar-refractivity contribution < 1.29 is 9.90 Å². The number of nitrogens with zero attached hydrogens (tertiary/aromatic N) is 3. The number of fused-ring (bicyclic) bond motifs is 1. The minimum absolute atomic E-state index is 0.0640. The number of hydrogen-bond acceptors (Lipinski definition) is 5. The number of rotatable bonds is 5. The molecular weight excluding hydrogens is 330 g/mol. The lowest BCUT2D eigenvalue weighted by Gasteiger charge is -2.32. The Morgan fingerprint density at radius 1 is 1.42 bits per heavy atom. The number of halogens is 1. The van der Waals surface area contributed by atoms with Gasteiger partial charge in [0.1, 0.15) is 5.92 Å². The van der Waals surface area contributed by atoms with Gasteiger partial charge in [0.2, 0.25) is 11.9 Å². The summed E-state index contributed by atoms with van der Waals surface area (Å²) < 4.78 is 1.65. The predicted molar refractivity (Wildman–Crippen MR) is 90.5 cm³/mol. The van der Waals surface area contributed by atoms with Crippen LogP contribution in [0.1, 0.15) is 23.9 Å². The zero-order valence-electron chi connectivity index (χ0n) is 12.9. The fraction of sp³-hybridized carbons (Fsp3) is 0.312. The molecule has 0 bridgehead atoms. The van der Waals surface area contributed by atoms with E-state index in [-0.39, 0.29) is 6.61 Å². The number of aromatic nitrogens is 3. The molecular formula is C16H18ClN5O2. The van der Waals surface area contributed by atoms with Crippen molar-refractivity contribution in [2.24, 2.45) is 11.7 Å². The molecule has 126 valence electrons. The highest BCUT2D eigenvalue weighted by molar-refractivity contribution is 6.30. The number of nitrogens with two attached hydrogens (primary N) is 1. The third-order valence-corrected chi connectivity index (χ3v) is 4.23. The van der Waals surface area contributed by atoms with Gasteiger partial charge in [-0.15, -0.1) is 0 Å². The fourth-order valence-corrected chi connectivity index (χ4v) is 2.99. The lowest BCUT2D eigenvalue weighted by atomic mass is 9.89. The molecule has 8 heteroatoms. The van der Waals surface area contributed by atoms with Gasteiger partial charge < -0.3 is 16.2 Å². The Labute approximate surface area is 144 Å². The lowest BCUT2D eigenvalue weighted by Crippen LogP contribution is -2.40. The van der Waals surface area contributed by atoms with Gasteiger partial charge in [0.15, 0.2) is 5.82 Å². The van der Waals surface area contributed by atoms with Crippen LogP contribution in [0.4, 0.5) is 5.95 Å². The molecule has 1 aromatic heterocycles. The third-order valence-electron chi connectivity index (χ3n) is 3.98. The average molecular weight is 348 g/mol. The van der Waals surface area contributed by atoms with E-state index >= 15 is 0 Å².